The van der Waals surface area contributed by atoms with Crippen molar-refractivity contribution in [1.29, 1.82) is 0 Å². The minimum atomic E-state index is -4.51. The van der Waals surface area contributed by atoms with Crippen LogP contribution in [-0.2, 0) is 11.0 Å². The van der Waals surface area contributed by atoms with E-state index in [1.807, 2.05) is 0 Å². The molecule has 1 amide bonds. The van der Waals surface area contributed by atoms with Gasteiger partial charge in [0, 0.05) is 11.3 Å². The number of rotatable bonds is 7. The number of phenolic OH excluding ortho intramolecular Hbond substituents is 1. The van der Waals surface area contributed by atoms with Gasteiger partial charge in [-0.3, -0.25) is 10.2 Å². The van der Waals surface area contributed by atoms with Crippen molar-refractivity contribution < 1.29 is 33.0 Å². The van der Waals surface area contributed by atoms with Gasteiger partial charge in [-0.1, -0.05) is 24.3 Å². The summed E-state index contributed by atoms with van der Waals surface area (Å²) in [7, 11) is 0. The molecule has 8 nitrogen and oxygen atoms in total. The maximum atomic E-state index is 13.1. The van der Waals surface area contributed by atoms with Gasteiger partial charge in [0.15, 0.2) is 5.71 Å². The topological polar surface area (TPSA) is 115 Å². The molecule has 0 bridgehead atoms. The Labute approximate surface area is 213 Å². The monoisotopic (exact) mass is 528 g/mol. The Balaban J connectivity index is 1.62. The molecule has 0 atom stereocenters. The van der Waals surface area contributed by atoms with Gasteiger partial charge < -0.3 is 10.2 Å². The van der Waals surface area contributed by atoms with Gasteiger partial charge in [-0.2, -0.15) is 40.1 Å². The highest BCUT2D eigenvalue weighted by atomic mass is 32.2. The first-order valence-electron chi connectivity index (χ1n) is 10.7. The van der Waals surface area contributed by atoms with Crippen molar-refractivity contribution >= 4 is 46.4 Å². The van der Waals surface area contributed by atoms with Crippen LogP contribution in [-0.4, -0.2) is 45.5 Å². The van der Waals surface area contributed by atoms with Crippen LogP contribution in [0, 0.1) is 0 Å². The number of thioether (sulfide) groups is 1. The molecule has 4 rings (SSSR count). The van der Waals surface area contributed by atoms with Gasteiger partial charge in [-0.05, 0) is 54.3 Å². The van der Waals surface area contributed by atoms with Crippen molar-refractivity contribution in [2.75, 3.05) is 22.4 Å². The number of hydrogen-bond acceptors (Lipinski definition) is 7. The summed E-state index contributed by atoms with van der Waals surface area (Å²) in [5.41, 5.74) is 3.19. The Morgan fingerprint density at radius 3 is 2.46 bits per heavy atom. The molecule has 1 aliphatic heterocycles. The van der Waals surface area contributed by atoms with Crippen LogP contribution >= 0.6 is 11.8 Å². The van der Waals surface area contributed by atoms with E-state index in [1.165, 1.54) is 30.0 Å². The Kier molecular flexibility index (Phi) is 7.21. The quantitative estimate of drug-likeness (QED) is 0.283. The third kappa shape index (κ3) is 5.43. The van der Waals surface area contributed by atoms with Gasteiger partial charge in [0.2, 0.25) is 0 Å². The fourth-order valence-corrected chi connectivity index (χ4v) is 4.02. The summed E-state index contributed by atoms with van der Waals surface area (Å²) in [6.07, 6.45) is -2.72. The summed E-state index contributed by atoms with van der Waals surface area (Å²) in [5.74, 6) is -1.68. The molecule has 37 heavy (non-hydrogen) atoms. The average Bonchev–Trinajstić information content (AvgIpc) is 3.18. The van der Waals surface area contributed by atoms with Crippen molar-refractivity contribution in [2.45, 2.75) is 6.18 Å². The number of alkyl halides is 3. The van der Waals surface area contributed by atoms with Crippen molar-refractivity contribution in [3.05, 3.63) is 77.9 Å². The standard InChI is InChI=1S/C25H19F3N4O4S/c1-37-13-20-21(23(34)32(31-20)17-10-8-16(9-11-17)25(26,27)28)30-29-19-7-3-6-18(22(19)33)14-4-2-5-15(12-14)24(35)36/h2-12,29,33H,13H2,1H3,(H,35,36). The number of hydrogen-bond donors (Lipinski definition) is 3. The summed E-state index contributed by atoms with van der Waals surface area (Å²) in [4.78, 5) is 24.4. The molecule has 0 saturated carbocycles. The van der Waals surface area contributed by atoms with E-state index in [0.29, 0.717) is 22.6 Å². The number of halogens is 3. The summed E-state index contributed by atoms with van der Waals surface area (Å²) in [6.45, 7) is 0. The first-order valence-corrected chi connectivity index (χ1v) is 12.1. The number of carboxylic acid groups (broad SMARTS) is 1. The van der Waals surface area contributed by atoms with Gasteiger partial charge >= 0.3 is 18.1 Å². The van der Waals surface area contributed by atoms with Gasteiger partial charge in [-0.15, -0.1) is 0 Å². The van der Waals surface area contributed by atoms with E-state index in [9.17, 15) is 33.0 Å². The number of benzene rings is 3. The minimum Gasteiger partial charge on any atom is -0.505 e. The zero-order chi connectivity index (χ0) is 26.7. The van der Waals surface area contributed by atoms with Crippen LogP contribution in [0.4, 0.5) is 24.5 Å². The summed E-state index contributed by atoms with van der Waals surface area (Å²) >= 11 is 1.37. The second-order valence-corrected chi connectivity index (χ2v) is 8.67. The maximum Gasteiger partial charge on any atom is 0.416 e. The number of para-hydroxylation sites is 1. The van der Waals surface area contributed by atoms with E-state index >= 15 is 0 Å². The SMILES string of the molecule is CSCC1=NN(c2ccc(C(F)(F)F)cc2)C(=O)C1=NNc1cccc(-c2cccc(C(=O)O)c2)c1O. The second kappa shape index (κ2) is 10.3. The molecular formula is C25H19F3N4O4S. The molecule has 1 aliphatic rings. The predicted molar refractivity (Wildman–Crippen MR) is 136 cm³/mol. The first-order chi connectivity index (χ1) is 17.6. The van der Waals surface area contributed by atoms with Crippen LogP contribution < -0.4 is 10.4 Å². The molecule has 12 heteroatoms. The van der Waals surface area contributed by atoms with Gasteiger partial charge in [0.05, 0.1) is 22.5 Å². The Morgan fingerprint density at radius 1 is 1.11 bits per heavy atom. The number of aromatic carboxylic acids is 1. The molecule has 0 aliphatic carbocycles. The lowest BCUT2D eigenvalue weighted by atomic mass is 10.0. The molecule has 0 aromatic heterocycles. The minimum absolute atomic E-state index is 0.0494. The fourth-order valence-electron chi connectivity index (χ4n) is 3.55. The van der Waals surface area contributed by atoms with Crippen LogP contribution in [0.25, 0.3) is 11.1 Å². The largest absolute Gasteiger partial charge is 0.505 e. The zero-order valence-corrected chi connectivity index (χ0v) is 20.0. The number of nitrogens with one attached hydrogen (secondary N) is 1. The number of anilines is 2. The van der Waals surface area contributed by atoms with Crippen molar-refractivity contribution in [3.8, 4) is 16.9 Å². The molecule has 0 saturated heterocycles. The van der Waals surface area contributed by atoms with Crippen molar-refractivity contribution in [1.82, 2.24) is 0 Å². The van der Waals surface area contributed by atoms with Gasteiger partial charge in [0.25, 0.3) is 0 Å². The molecule has 0 radical (unpaired) electrons. The van der Waals surface area contributed by atoms with Crippen molar-refractivity contribution in [2.24, 2.45) is 10.2 Å². The van der Waals surface area contributed by atoms with Crippen LogP contribution in [0.15, 0.2) is 76.9 Å². The number of carbonyl (C=O) groups excluding carboxylic acids is 1. The van der Waals surface area contributed by atoms with Gasteiger partial charge in [-0.25, -0.2) is 4.79 Å². The highest BCUT2D eigenvalue weighted by Gasteiger charge is 2.34. The Morgan fingerprint density at radius 2 is 1.81 bits per heavy atom. The number of aromatic hydroxyl groups is 1. The van der Waals surface area contributed by atoms with Crippen LogP contribution in [0.5, 0.6) is 5.75 Å². The summed E-state index contributed by atoms with van der Waals surface area (Å²) in [5, 5.41) is 29.4. The van der Waals surface area contributed by atoms with E-state index in [-0.39, 0.29) is 28.4 Å². The van der Waals surface area contributed by atoms with E-state index in [2.05, 4.69) is 15.6 Å². The predicted octanol–water partition coefficient (Wildman–Crippen LogP) is 5.31. The van der Waals surface area contributed by atoms with E-state index < -0.39 is 23.6 Å². The Hall–Kier alpha value is -4.32. The normalized spacial score (nSPS) is 14.7. The number of hydrazone groups is 2. The molecular weight excluding hydrogens is 509 g/mol. The second-order valence-electron chi connectivity index (χ2n) is 7.80. The Bertz CT molecular complexity index is 1420. The number of amides is 1. The lowest BCUT2D eigenvalue weighted by Crippen LogP contribution is -2.29. The van der Waals surface area contributed by atoms with Crippen LogP contribution in [0.2, 0.25) is 0 Å². The molecule has 1 heterocycles. The summed E-state index contributed by atoms with van der Waals surface area (Å²) in [6, 6.07) is 14.8. The number of carboxylic acids is 1. The van der Waals surface area contributed by atoms with E-state index in [0.717, 1.165) is 29.3 Å². The van der Waals surface area contributed by atoms with E-state index in [1.54, 1.807) is 30.5 Å². The number of phenols is 1. The van der Waals surface area contributed by atoms with Crippen LogP contribution in [0.3, 0.4) is 0 Å². The van der Waals surface area contributed by atoms with E-state index in [4.69, 9.17) is 0 Å². The first kappa shape index (κ1) is 25.8. The van der Waals surface area contributed by atoms with Crippen molar-refractivity contribution in [3.63, 3.8) is 0 Å². The molecule has 3 aromatic carbocycles. The molecule has 0 spiro atoms. The lowest BCUT2D eigenvalue weighted by molar-refractivity contribution is -0.137. The molecule has 190 valence electrons. The third-order valence-corrected chi connectivity index (χ3v) is 5.92. The highest BCUT2D eigenvalue weighted by molar-refractivity contribution is 7.99. The van der Waals surface area contributed by atoms with Crippen LogP contribution in [0.1, 0.15) is 15.9 Å². The molecule has 0 fully saturated rings. The van der Waals surface area contributed by atoms with Gasteiger partial charge in [0.1, 0.15) is 11.5 Å². The highest BCUT2D eigenvalue weighted by Crippen LogP contribution is 2.36. The number of nitrogens with zero attached hydrogens (tertiary/aromatic N) is 3. The molecule has 0 unspecified atom stereocenters. The average molecular weight is 529 g/mol. The molecule has 3 aromatic rings. The lowest BCUT2D eigenvalue weighted by Gasteiger charge is -2.13. The zero-order valence-electron chi connectivity index (χ0n) is 19.2. The fraction of sp³-hybridized carbons (Fsp3) is 0.120. The summed E-state index contributed by atoms with van der Waals surface area (Å²) < 4.78 is 38.7. The smallest absolute Gasteiger partial charge is 0.416 e. The molecule has 3 N–H and O–H groups in total. The number of carbonyl (C=O) groups is 2. The third-order valence-electron chi connectivity index (χ3n) is 5.35. The maximum absolute atomic E-state index is 13.1.